The fourth-order valence-electron chi connectivity index (χ4n) is 3.92. The van der Waals surface area contributed by atoms with Gasteiger partial charge in [-0.2, -0.15) is 5.10 Å². The third-order valence-corrected chi connectivity index (χ3v) is 5.51. The Morgan fingerprint density at radius 2 is 2.07 bits per heavy atom. The number of carbonyl (C=O) groups excluding carboxylic acids is 1. The first-order valence-electron chi connectivity index (χ1n) is 9.20. The Labute approximate surface area is 157 Å². The summed E-state index contributed by atoms with van der Waals surface area (Å²) in [5.74, 6) is 2.41. The van der Waals surface area contributed by atoms with Crippen molar-refractivity contribution in [2.24, 2.45) is 12.5 Å². The fourth-order valence-corrected chi connectivity index (χ4v) is 3.92. The number of rotatable bonds is 5. The van der Waals surface area contributed by atoms with Gasteiger partial charge in [0, 0.05) is 33.0 Å². The Balaban J connectivity index is 1.43. The molecular weight excluding hydrogens is 348 g/mol. The van der Waals surface area contributed by atoms with Crippen molar-refractivity contribution in [1.29, 1.82) is 0 Å². The van der Waals surface area contributed by atoms with Gasteiger partial charge in [0.05, 0.1) is 0 Å². The SMILES string of the molecule is Cn1c(CCN2CC(C)(Cc3ccc4c(c3)OCO4)CCC2=O)n[nH]c1=O. The van der Waals surface area contributed by atoms with Crippen molar-refractivity contribution in [2.45, 2.75) is 32.6 Å². The van der Waals surface area contributed by atoms with E-state index in [9.17, 15) is 9.59 Å². The summed E-state index contributed by atoms with van der Waals surface area (Å²) in [6, 6.07) is 6.05. The van der Waals surface area contributed by atoms with Crippen LogP contribution in [-0.4, -0.2) is 45.5 Å². The minimum absolute atomic E-state index is 0.000928. The Kier molecular flexibility index (Phi) is 4.41. The van der Waals surface area contributed by atoms with E-state index in [0.29, 0.717) is 31.8 Å². The Morgan fingerprint density at radius 3 is 2.85 bits per heavy atom. The number of ether oxygens (including phenoxy) is 2. The predicted octanol–water partition coefficient (Wildman–Crippen LogP) is 1.25. The van der Waals surface area contributed by atoms with Gasteiger partial charge in [-0.25, -0.2) is 9.89 Å². The van der Waals surface area contributed by atoms with E-state index in [1.807, 2.05) is 17.0 Å². The maximum atomic E-state index is 12.4. The molecular formula is C19H24N4O4. The van der Waals surface area contributed by atoms with Gasteiger partial charge in [-0.15, -0.1) is 0 Å². The first-order valence-corrected chi connectivity index (χ1v) is 9.20. The zero-order chi connectivity index (χ0) is 19.0. The summed E-state index contributed by atoms with van der Waals surface area (Å²) in [5, 5.41) is 6.46. The molecule has 1 aromatic heterocycles. The lowest BCUT2D eigenvalue weighted by Gasteiger charge is -2.40. The lowest BCUT2D eigenvalue weighted by molar-refractivity contribution is -0.137. The van der Waals surface area contributed by atoms with Gasteiger partial charge in [-0.3, -0.25) is 9.36 Å². The minimum Gasteiger partial charge on any atom is -0.454 e. The average molecular weight is 372 g/mol. The summed E-state index contributed by atoms with van der Waals surface area (Å²) >= 11 is 0. The second-order valence-corrected chi connectivity index (χ2v) is 7.74. The molecule has 3 heterocycles. The van der Waals surface area contributed by atoms with Gasteiger partial charge < -0.3 is 14.4 Å². The van der Waals surface area contributed by atoms with Crippen LogP contribution in [0, 0.1) is 5.41 Å². The van der Waals surface area contributed by atoms with Crippen LogP contribution in [0.4, 0.5) is 0 Å². The van der Waals surface area contributed by atoms with Gasteiger partial charge >= 0.3 is 5.69 Å². The Bertz CT molecular complexity index is 919. The molecule has 0 aliphatic carbocycles. The van der Waals surface area contributed by atoms with E-state index in [4.69, 9.17) is 9.47 Å². The number of aromatic amines is 1. The van der Waals surface area contributed by atoms with Crippen molar-refractivity contribution in [1.82, 2.24) is 19.7 Å². The summed E-state index contributed by atoms with van der Waals surface area (Å²) in [6.45, 7) is 3.75. The maximum absolute atomic E-state index is 12.4. The van der Waals surface area contributed by atoms with E-state index in [-0.39, 0.29) is 23.8 Å². The number of H-pyrrole nitrogens is 1. The smallest absolute Gasteiger partial charge is 0.343 e. The molecule has 27 heavy (non-hydrogen) atoms. The molecule has 144 valence electrons. The van der Waals surface area contributed by atoms with E-state index in [0.717, 1.165) is 24.3 Å². The van der Waals surface area contributed by atoms with Gasteiger partial charge in [0.15, 0.2) is 11.5 Å². The van der Waals surface area contributed by atoms with Crippen molar-refractivity contribution in [3.8, 4) is 11.5 Å². The zero-order valence-corrected chi connectivity index (χ0v) is 15.7. The first-order chi connectivity index (χ1) is 12.9. The summed E-state index contributed by atoms with van der Waals surface area (Å²) in [6.07, 6.45) is 2.83. The van der Waals surface area contributed by atoms with E-state index in [2.05, 4.69) is 23.2 Å². The number of fused-ring (bicyclic) bond motifs is 1. The van der Waals surface area contributed by atoms with Crippen LogP contribution in [-0.2, 0) is 24.7 Å². The van der Waals surface area contributed by atoms with Crippen LogP contribution in [0.1, 0.15) is 31.2 Å². The molecule has 1 N–H and O–H groups in total. The summed E-state index contributed by atoms with van der Waals surface area (Å²) in [4.78, 5) is 25.8. The molecule has 1 aromatic carbocycles. The van der Waals surface area contributed by atoms with Crippen molar-refractivity contribution in [3.63, 3.8) is 0 Å². The van der Waals surface area contributed by atoms with Crippen molar-refractivity contribution in [2.75, 3.05) is 19.9 Å². The second kappa shape index (κ2) is 6.75. The molecule has 8 nitrogen and oxygen atoms in total. The number of likely N-dealkylation sites (tertiary alicyclic amines) is 1. The van der Waals surface area contributed by atoms with Crippen LogP contribution in [0.25, 0.3) is 0 Å². The Hall–Kier alpha value is -2.77. The number of carbonyl (C=O) groups is 1. The quantitative estimate of drug-likeness (QED) is 0.853. The molecule has 2 aliphatic heterocycles. The van der Waals surface area contributed by atoms with Crippen molar-refractivity contribution < 1.29 is 14.3 Å². The van der Waals surface area contributed by atoms with E-state index < -0.39 is 0 Å². The van der Waals surface area contributed by atoms with Gasteiger partial charge in [0.25, 0.3) is 0 Å². The molecule has 1 atom stereocenters. The topological polar surface area (TPSA) is 89.4 Å². The molecule has 1 unspecified atom stereocenters. The molecule has 0 radical (unpaired) electrons. The van der Waals surface area contributed by atoms with Crippen LogP contribution >= 0.6 is 0 Å². The lowest BCUT2D eigenvalue weighted by Crippen LogP contribution is -2.47. The maximum Gasteiger partial charge on any atom is 0.343 e. The number of hydrogen-bond donors (Lipinski definition) is 1. The predicted molar refractivity (Wildman–Crippen MR) is 97.7 cm³/mol. The highest BCUT2D eigenvalue weighted by molar-refractivity contribution is 5.77. The zero-order valence-electron chi connectivity index (χ0n) is 15.7. The molecule has 2 aromatic rings. The number of amides is 1. The number of piperidine rings is 1. The highest BCUT2D eigenvalue weighted by Crippen LogP contribution is 2.37. The molecule has 1 amide bonds. The monoisotopic (exact) mass is 372 g/mol. The van der Waals surface area contributed by atoms with Crippen LogP contribution < -0.4 is 15.2 Å². The molecule has 4 rings (SSSR count). The van der Waals surface area contributed by atoms with Gasteiger partial charge in [0.2, 0.25) is 12.7 Å². The minimum atomic E-state index is -0.234. The van der Waals surface area contributed by atoms with Gasteiger partial charge in [-0.05, 0) is 36.0 Å². The molecule has 0 bridgehead atoms. The summed E-state index contributed by atoms with van der Waals surface area (Å²) in [7, 11) is 1.68. The normalized spacial score (nSPS) is 21.7. The number of aromatic nitrogens is 3. The van der Waals surface area contributed by atoms with Crippen LogP contribution in [0.5, 0.6) is 11.5 Å². The van der Waals surface area contributed by atoms with E-state index in [1.54, 1.807) is 7.05 Å². The van der Waals surface area contributed by atoms with Crippen LogP contribution in [0.15, 0.2) is 23.0 Å². The molecule has 8 heteroatoms. The van der Waals surface area contributed by atoms with Crippen LogP contribution in [0.2, 0.25) is 0 Å². The summed E-state index contributed by atoms with van der Waals surface area (Å²) < 4.78 is 12.3. The highest BCUT2D eigenvalue weighted by atomic mass is 16.7. The number of hydrogen-bond acceptors (Lipinski definition) is 5. The molecule has 2 aliphatic rings. The second-order valence-electron chi connectivity index (χ2n) is 7.74. The van der Waals surface area contributed by atoms with E-state index >= 15 is 0 Å². The number of benzene rings is 1. The first kappa shape index (κ1) is 17.6. The average Bonchev–Trinajstić information content (AvgIpc) is 3.23. The van der Waals surface area contributed by atoms with Crippen molar-refractivity contribution in [3.05, 3.63) is 40.1 Å². The third kappa shape index (κ3) is 3.56. The fraction of sp³-hybridized carbons (Fsp3) is 0.526. The van der Waals surface area contributed by atoms with Gasteiger partial charge in [-0.1, -0.05) is 13.0 Å². The largest absolute Gasteiger partial charge is 0.454 e. The lowest BCUT2D eigenvalue weighted by atomic mass is 9.76. The number of nitrogens with one attached hydrogen (secondary N) is 1. The third-order valence-electron chi connectivity index (χ3n) is 5.51. The Morgan fingerprint density at radius 1 is 1.26 bits per heavy atom. The van der Waals surface area contributed by atoms with Crippen molar-refractivity contribution >= 4 is 5.91 Å². The molecule has 0 spiro atoms. The molecule has 1 fully saturated rings. The van der Waals surface area contributed by atoms with E-state index in [1.165, 1.54) is 10.1 Å². The van der Waals surface area contributed by atoms with Crippen LogP contribution in [0.3, 0.4) is 0 Å². The summed E-state index contributed by atoms with van der Waals surface area (Å²) in [5.41, 5.74) is 0.951. The van der Waals surface area contributed by atoms with Gasteiger partial charge in [0.1, 0.15) is 5.82 Å². The standard InChI is InChI=1S/C19H24N4O4/c1-19(10-13-3-4-14-15(9-13)27-12-26-14)7-5-17(24)23(11-19)8-6-16-20-21-18(25)22(16)2/h3-4,9H,5-8,10-12H2,1-2H3,(H,21,25). The molecule has 1 saturated heterocycles. The highest BCUT2D eigenvalue weighted by Gasteiger charge is 2.35. The number of nitrogens with zero attached hydrogens (tertiary/aromatic N) is 3. The molecule has 0 saturated carbocycles.